The van der Waals surface area contributed by atoms with E-state index < -0.39 is 0 Å². The van der Waals surface area contributed by atoms with E-state index in [0.29, 0.717) is 5.92 Å². The van der Waals surface area contributed by atoms with Crippen molar-refractivity contribution in [1.29, 1.82) is 0 Å². The van der Waals surface area contributed by atoms with Gasteiger partial charge in [0.2, 0.25) is 0 Å². The molecule has 0 radical (unpaired) electrons. The topological polar surface area (TPSA) is 32.3 Å². The number of likely N-dealkylation sites (tertiary alicyclic amines) is 1. The van der Waals surface area contributed by atoms with Crippen LogP contribution in [-0.2, 0) is 13.0 Å². The minimum absolute atomic E-state index is 0.162. The van der Waals surface area contributed by atoms with E-state index >= 15 is 0 Å². The summed E-state index contributed by atoms with van der Waals surface area (Å²) in [7, 11) is 2.19. The smallest absolute Gasteiger partial charge is 0.159 e. The number of aryl methyl sites for hydroxylation is 1. The second kappa shape index (κ2) is 10.8. The number of piperidine rings is 1. The van der Waals surface area contributed by atoms with Gasteiger partial charge in [-0.05, 0) is 69.0 Å². The van der Waals surface area contributed by atoms with Crippen molar-refractivity contribution in [2.45, 2.75) is 32.7 Å². The zero-order valence-electron chi connectivity index (χ0n) is 19.2. The number of nitrogens with zero attached hydrogens (tertiary/aromatic N) is 4. The van der Waals surface area contributed by atoms with Crippen LogP contribution in [0.25, 0.3) is 11.4 Å². The van der Waals surface area contributed by atoms with Gasteiger partial charge in [0.1, 0.15) is 5.82 Å². The van der Waals surface area contributed by atoms with Crippen LogP contribution in [0.5, 0.6) is 0 Å². The number of benzene rings is 2. The van der Waals surface area contributed by atoms with E-state index in [1.165, 1.54) is 24.0 Å². The first kappa shape index (κ1) is 22.6. The molecular formula is C27H33FN4. The third kappa shape index (κ3) is 6.21. The summed E-state index contributed by atoms with van der Waals surface area (Å²) in [4.78, 5) is 14.2. The highest BCUT2D eigenvalue weighted by atomic mass is 19.1. The molecule has 1 unspecified atom stereocenters. The number of hydrogen-bond donors (Lipinski definition) is 0. The lowest BCUT2D eigenvalue weighted by Crippen LogP contribution is -2.40. The molecule has 0 aliphatic carbocycles. The molecule has 5 heteroatoms. The van der Waals surface area contributed by atoms with Gasteiger partial charge < -0.3 is 9.80 Å². The average molecular weight is 433 g/mol. The molecule has 0 N–H and O–H groups in total. The monoisotopic (exact) mass is 432 g/mol. The lowest BCUT2D eigenvalue weighted by atomic mass is 9.97. The first-order valence-electron chi connectivity index (χ1n) is 11.6. The van der Waals surface area contributed by atoms with Crippen LogP contribution in [0.3, 0.4) is 0 Å². The molecule has 1 aliphatic rings. The molecule has 3 aromatic rings. The van der Waals surface area contributed by atoms with Crippen LogP contribution in [0.15, 0.2) is 60.9 Å². The van der Waals surface area contributed by atoms with Crippen molar-refractivity contribution in [3.8, 4) is 11.4 Å². The standard InChI is InChI=1S/C27H33FN4/c1-21-6-3-4-8-26(21)27-29-16-24(17-30-27)19-31(2)18-23-7-5-14-32(20-23)15-13-22-9-11-25(28)12-10-22/h3-4,6,8-12,16-17,23H,5,7,13-15,18-20H2,1-2H3. The van der Waals surface area contributed by atoms with Gasteiger partial charge in [0, 0.05) is 49.7 Å². The zero-order valence-corrected chi connectivity index (χ0v) is 19.2. The Morgan fingerprint density at radius 3 is 2.53 bits per heavy atom. The van der Waals surface area contributed by atoms with Crippen molar-refractivity contribution in [1.82, 2.24) is 19.8 Å². The fourth-order valence-electron chi connectivity index (χ4n) is 4.66. The van der Waals surface area contributed by atoms with Gasteiger partial charge in [-0.1, -0.05) is 36.4 Å². The molecule has 2 aromatic carbocycles. The van der Waals surface area contributed by atoms with E-state index in [9.17, 15) is 4.39 Å². The van der Waals surface area contributed by atoms with Gasteiger partial charge in [-0.2, -0.15) is 0 Å². The van der Waals surface area contributed by atoms with Gasteiger partial charge >= 0.3 is 0 Å². The molecular weight excluding hydrogens is 399 g/mol. The lowest BCUT2D eigenvalue weighted by molar-refractivity contribution is 0.142. The Kier molecular flexibility index (Phi) is 7.61. The van der Waals surface area contributed by atoms with Crippen LogP contribution in [0.2, 0.25) is 0 Å². The van der Waals surface area contributed by atoms with Crippen LogP contribution in [0.4, 0.5) is 4.39 Å². The molecule has 1 atom stereocenters. The quantitative estimate of drug-likeness (QED) is 0.503. The first-order valence-corrected chi connectivity index (χ1v) is 11.6. The predicted octanol–water partition coefficient (Wildman–Crippen LogP) is 4.98. The van der Waals surface area contributed by atoms with Crippen molar-refractivity contribution in [2.24, 2.45) is 5.92 Å². The molecule has 2 heterocycles. The molecule has 1 saturated heterocycles. The zero-order chi connectivity index (χ0) is 22.3. The molecule has 0 saturated carbocycles. The summed E-state index contributed by atoms with van der Waals surface area (Å²) in [6.07, 6.45) is 7.42. The molecule has 32 heavy (non-hydrogen) atoms. The first-order chi connectivity index (χ1) is 15.6. The van der Waals surface area contributed by atoms with Crippen molar-refractivity contribution in [3.63, 3.8) is 0 Å². The van der Waals surface area contributed by atoms with E-state index in [2.05, 4.69) is 45.9 Å². The summed E-state index contributed by atoms with van der Waals surface area (Å²) in [6.45, 7) is 7.37. The summed E-state index contributed by atoms with van der Waals surface area (Å²) in [5.74, 6) is 1.30. The Bertz CT molecular complexity index is 987. The number of hydrogen-bond acceptors (Lipinski definition) is 4. The van der Waals surface area contributed by atoms with Crippen molar-refractivity contribution in [3.05, 3.63) is 83.4 Å². The Morgan fingerprint density at radius 1 is 1.03 bits per heavy atom. The normalized spacial score (nSPS) is 17.1. The minimum atomic E-state index is -0.162. The number of aromatic nitrogens is 2. The molecule has 0 spiro atoms. The van der Waals surface area contributed by atoms with Crippen LogP contribution in [0.1, 0.15) is 29.5 Å². The van der Waals surface area contributed by atoms with E-state index in [1.807, 2.05) is 36.7 Å². The fourth-order valence-corrected chi connectivity index (χ4v) is 4.66. The van der Waals surface area contributed by atoms with Crippen LogP contribution in [-0.4, -0.2) is 53.0 Å². The SMILES string of the molecule is Cc1ccccc1-c1ncc(CN(C)CC2CCCN(CCc3ccc(F)cc3)C2)cn1. The molecule has 1 aromatic heterocycles. The summed E-state index contributed by atoms with van der Waals surface area (Å²) in [5, 5.41) is 0. The molecule has 4 nitrogen and oxygen atoms in total. The van der Waals surface area contributed by atoms with Gasteiger partial charge in [-0.15, -0.1) is 0 Å². The summed E-state index contributed by atoms with van der Waals surface area (Å²) < 4.78 is 13.1. The Hall–Kier alpha value is -2.63. The molecule has 0 bridgehead atoms. The summed E-state index contributed by atoms with van der Waals surface area (Å²) in [5.41, 5.74) is 4.64. The molecule has 4 rings (SSSR count). The van der Waals surface area contributed by atoms with Gasteiger partial charge in [-0.3, -0.25) is 0 Å². The maximum Gasteiger partial charge on any atom is 0.159 e. The van der Waals surface area contributed by atoms with Gasteiger partial charge in [0.15, 0.2) is 5.82 Å². The average Bonchev–Trinajstić information content (AvgIpc) is 2.80. The molecule has 0 amide bonds. The Morgan fingerprint density at radius 2 is 1.78 bits per heavy atom. The minimum Gasteiger partial charge on any atom is -0.303 e. The van der Waals surface area contributed by atoms with Crippen molar-refractivity contribution in [2.75, 3.05) is 33.2 Å². The van der Waals surface area contributed by atoms with Crippen LogP contribution >= 0.6 is 0 Å². The van der Waals surface area contributed by atoms with Gasteiger partial charge in [0.05, 0.1) is 0 Å². The predicted molar refractivity (Wildman–Crippen MR) is 128 cm³/mol. The van der Waals surface area contributed by atoms with Crippen molar-refractivity contribution < 1.29 is 4.39 Å². The third-order valence-corrected chi connectivity index (χ3v) is 6.35. The van der Waals surface area contributed by atoms with Crippen molar-refractivity contribution >= 4 is 0 Å². The molecule has 1 aliphatic heterocycles. The molecule has 1 fully saturated rings. The lowest BCUT2D eigenvalue weighted by Gasteiger charge is -2.34. The van der Waals surface area contributed by atoms with E-state index in [1.54, 1.807) is 12.1 Å². The van der Waals surface area contributed by atoms with E-state index in [4.69, 9.17) is 0 Å². The second-order valence-corrected chi connectivity index (χ2v) is 9.11. The van der Waals surface area contributed by atoms with Gasteiger partial charge in [0.25, 0.3) is 0 Å². The van der Waals surface area contributed by atoms with Gasteiger partial charge in [-0.25, -0.2) is 14.4 Å². The maximum atomic E-state index is 13.1. The van der Waals surface area contributed by atoms with E-state index in [0.717, 1.165) is 56.1 Å². The van der Waals surface area contributed by atoms with E-state index in [-0.39, 0.29) is 5.82 Å². The molecule has 168 valence electrons. The highest BCUT2D eigenvalue weighted by Gasteiger charge is 2.21. The number of rotatable bonds is 8. The number of halogens is 1. The summed E-state index contributed by atoms with van der Waals surface area (Å²) >= 11 is 0. The maximum absolute atomic E-state index is 13.1. The highest BCUT2D eigenvalue weighted by molar-refractivity contribution is 5.59. The largest absolute Gasteiger partial charge is 0.303 e. The third-order valence-electron chi connectivity index (χ3n) is 6.35. The fraction of sp³-hybridized carbons (Fsp3) is 0.407. The van der Waals surface area contributed by atoms with Crippen LogP contribution < -0.4 is 0 Å². The second-order valence-electron chi connectivity index (χ2n) is 9.11. The highest BCUT2D eigenvalue weighted by Crippen LogP contribution is 2.20. The summed E-state index contributed by atoms with van der Waals surface area (Å²) in [6, 6.07) is 15.1. The van der Waals surface area contributed by atoms with Crippen LogP contribution in [0, 0.1) is 18.7 Å². The Labute approximate surface area is 191 Å². The Balaban J connectivity index is 1.25.